The molecule has 0 aromatic heterocycles. The van der Waals surface area contributed by atoms with Crippen molar-refractivity contribution < 1.29 is 20.4 Å². The minimum atomic E-state index is 0.0612. The Balaban J connectivity index is 0.000000241. The van der Waals surface area contributed by atoms with Crippen LogP contribution in [0.1, 0.15) is 73.6 Å². The van der Waals surface area contributed by atoms with E-state index >= 15 is 0 Å². The summed E-state index contributed by atoms with van der Waals surface area (Å²) in [5.41, 5.74) is 26.1. The van der Waals surface area contributed by atoms with E-state index in [2.05, 4.69) is 0 Å². The molecule has 0 aliphatic heterocycles. The Kier molecular flexibility index (Phi) is 17.2. The van der Waals surface area contributed by atoms with E-state index in [1.54, 1.807) is 48.5 Å². The van der Waals surface area contributed by atoms with E-state index in [-0.39, 0.29) is 50.6 Å². The van der Waals surface area contributed by atoms with Gasteiger partial charge >= 0.3 is 0 Å². The fourth-order valence-corrected chi connectivity index (χ4v) is 3.88. The molecule has 0 radical (unpaired) electrons. The maximum absolute atomic E-state index is 8.64. The molecule has 0 spiro atoms. The van der Waals surface area contributed by atoms with Gasteiger partial charge in [-0.3, -0.25) is 0 Å². The van der Waals surface area contributed by atoms with Crippen LogP contribution in [0.3, 0.4) is 0 Å². The number of aliphatic hydroxyl groups is 4. The molecule has 0 bridgehead atoms. The molecule has 8 nitrogen and oxygen atoms in total. The SMILES string of the molecule is N[C@@H]1CCCC[C@H]1N.N[C@H]1CCCC[C@@H]1N.OCc1ccc(CO)cc1.OCc1ccc(CO)cc1. The van der Waals surface area contributed by atoms with Gasteiger partial charge < -0.3 is 43.4 Å². The fourth-order valence-electron chi connectivity index (χ4n) is 3.88. The average molecular weight is 505 g/mol. The number of hydrogen-bond acceptors (Lipinski definition) is 8. The molecule has 4 rings (SSSR count). The lowest BCUT2D eigenvalue weighted by Crippen LogP contribution is -2.43. The van der Waals surface area contributed by atoms with Crippen molar-refractivity contribution in [2.45, 2.75) is 102 Å². The van der Waals surface area contributed by atoms with Gasteiger partial charge in [0.2, 0.25) is 0 Å². The fraction of sp³-hybridized carbons (Fsp3) is 0.571. The van der Waals surface area contributed by atoms with Crippen LogP contribution in [0.5, 0.6) is 0 Å². The number of nitrogens with two attached hydrogens (primary N) is 4. The second kappa shape index (κ2) is 19.3. The lowest BCUT2D eigenvalue weighted by Gasteiger charge is -2.24. The van der Waals surface area contributed by atoms with Gasteiger partial charge in [-0.25, -0.2) is 0 Å². The zero-order chi connectivity index (χ0) is 26.8. The molecule has 2 aliphatic carbocycles. The summed E-state index contributed by atoms with van der Waals surface area (Å²) in [4.78, 5) is 0. The summed E-state index contributed by atoms with van der Waals surface area (Å²) in [7, 11) is 0. The summed E-state index contributed by atoms with van der Waals surface area (Å²) >= 11 is 0. The summed E-state index contributed by atoms with van der Waals surface area (Å²) in [6, 6.07) is 15.5. The van der Waals surface area contributed by atoms with Gasteiger partial charge in [-0.05, 0) is 47.9 Å². The van der Waals surface area contributed by atoms with Crippen LogP contribution in [0.4, 0.5) is 0 Å². The van der Waals surface area contributed by atoms with Crippen molar-refractivity contribution in [1.29, 1.82) is 0 Å². The van der Waals surface area contributed by atoms with Gasteiger partial charge in [0.25, 0.3) is 0 Å². The highest BCUT2D eigenvalue weighted by Crippen LogP contribution is 2.15. The van der Waals surface area contributed by atoms with Crippen molar-refractivity contribution in [3.05, 3.63) is 70.8 Å². The van der Waals surface area contributed by atoms with Crippen molar-refractivity contribution in [3.8, 4) is 0 Å². The Morgan fingerprint density at radius 1 is 0.417 bits per heavy atom. The second-order valence-electron chi connectivity index (χ2n) is 9.49. The highest BCUT2D eigenvalue weighted by atomic mass is 16.3. The number of benzene rings is 2. The first kappa shape index (κ1) is 32.1. The summed E-state index contributed by atoms with van der Waals surface area (Å²) in [5.74, 6) is 0. The first-order valence-electron chi connectivity index (χ1n) is 13.0. The zero-order valence-electron chi connectivity index (χ0n) is 21.5. The molecule has 0 amide bonds. The van der Waals surface area contributed by atoms with Crippen molar-refractivity contribution in [2.75, 3.05) is 0 Å². The van der Waals surface area contributed by atoms with E-state index in [1.165, 1.54) is 25.7 Å². The largest absolute Gasteiger partial charge is 0.392 e. The summed E-state index contributed by atoms with van der Waals surface area (Å²) < 4.78 is 0. The molecule has 8 heteroatoms. The van der Waals surface area contributed by atoms with Gasteiger partial charge in [-0.1, -0.05) is 74.2 Å². The number of aliphatic hydroxyl groups excluding tert-OH is 4. The van der Waals surface area contributed by atoms with Gasteiger partial charge in [0, 0.05) is 24.2 Å². The van der Waals surface area contributed by atoms with Crippen LogP contribution in [0.25, 0.3) is 0 Å². The summed E-state index contributed by atoms with van der Waals surface area (Å²) in [5, 5.41) is 34.6. The normalized spacial score (nSPS) is 23.1. The molecule has 204 valence electrons. The highest BCUT2D eigenvalue weighted by molar-refractivity contribution is 5.21. The minimum Gasteiger partial charge on any atom is -0.392 e. The third kappa shape index (κ3) is 13.4. The van der Waals surface area contributed by atoms with E-state index < -0.39 is 0 Å². The molecule has 36 heavy (non-hydrogen) atoms. The average Bonchev–Trinajstić information content (AvgIpc) is 2.93. The van der Waals surface area contributed by atoms with Crippen LogP contribution in [-0.4, -0.2) is 44.6 Å². The van der Waals surface area contributed by atoms with Crippen LogP contribution >= 0.6 is 0 Å². The van der Waals surface area contributed by atoms with Gasteiger partial charge in [0.15, 0.2) is 0 Å². The molecule has 2 saturated carbocycles. The number of hydrogen-bond donors (Lipinski definition) is 8. The maximum Gasteiger partial charge on any atom is 0.0681 e. The van der Waals surface area contributed by atoms with Crippen LogP contribution in [0.2, 0.25) is 0 Å². The van der Waals surface area contributed by atoms with E-state index in [4.69, 9.17) is 43.4 Å². The molecule has 2 aromatic carbocycles. The molecule has 0 unspecified atom stereocenters. The van der Waals surface area contributed by atoms with Crippen molar-refractivity contribution in [2.24, 2.45) is 22.9 Å². The second-order valence-corrected chi connectivity index (χ2v) is 9.49. The smallest absolute Gasteiger partial charge is 0.0681 e. The predicted octanol–water partition coefficient (Wildman–Crippen LogP) is 1.77. The van der Waals surface area contributed by atoms with Gasteiger partial charge in [0.1, 0.15) is 0 Å². The quantitative estimate of drug-likeness (QED) is 0.309. The molecule has 2 fully saturated rings. The zero-order valence-corrected chi connectivity index (χ0v) is 21.5. The Morgan fingerprint density at radius 2 is 0.583 bits per heavy atom. The van der Waals surface area contributed by atoms with Crippen molar-refractivity contribution in [3.63, 3.8) is 0 Å². The Labute approximate surface area is 216 Å². The summed E-state index contributed by atoms with van der Waals surface area (Å²) in [6.07, 6.45) is 9.60. The van der Waals surface area contributed by atoms with E-state index in [9.17, 15) is 0 Å². The Morgan fingerprint density at radius 3 is 0.694 bits per heavy atom. The first-order valence-corrected chi connectivity index (χ1v) is 13.0. The molecule has 12 N–H and O–H groups in total. The monoisotopic (exact) mass is 504 g/mol. The van der Waals surface area contributed by atoms with Gasteiger partial charge in [-0.15, -0.1) is 0 Å². The van der Waals surface area contributed by atoms with Crippen LogP contribution < -0.4 is 22.9 Å². The van der Waals surface area contributed by atoms with Crippen molar-refractivity contribution >= 4 is 0 Å². The van der Waals surface area contributed by atoms with Crippen LogP contribution in [-0.2, 0) is 26.4 Å². The third-order valence-corrected chi connectivity index (χ3v) is 6.53. The molecule has 0 saturated heterocycles. The molecule has 4 atom stereocenters. The lowest BCUT2D eigenvalue weighted by atomic mass is 9.92. The van der Waals surface area contributed by atoms with Gasteiger partial charge in [-0.2, -0.15) is 0 Å². The summed E-state index contributed by atoms with van der Waals surface area (Å²) in [6.45, 7) is 0.245. The van der Waals surface area contributed by atoms with E-state index in [0.717, 1.165) is 47.9 Å². The van der Waals surface area contributed by atoms with Crippen LogP contribution in [0, 0.1) is 0 Å². The third-order valence-electron chi connectivity index (χ3n) is 6.53. The molecule has 2 aliphatic rings. The lowest BCUT2D eigenvalue weighted by molar-refractivity contribution is 0.278. The first-order chi connectivity index (χ1) is 17.3. The Bertz CT molecular complexity index is 656. The molecular weight excluding hydrogens is 456 g/mol. The highest BCUT2D eigenvalue weighted by Gasteiger charge is 2.17. The molecule has 0 heterocycles. The molecule has 2 aromatic rings. The maximum atomic E-state index is 8.64. The van der Waals surface area contributed by atoms with E-state index in [1.807, 2.05) is 0 Å². The van der Waals surface area contributed by atoms with Crippen molar-refractivity contribution in [1.82, 2.24) is 0 Å². The van der Waals surface area contributed by atoms with E-state index in [0.29, 0.717) is 0 Å². The topological polar surface area (TPSA) is 185 Å². The predicted molar refractivity (Wildman–Crippen MR) is 145 cm³/mol. The van der Waals surface area contributed by atoms with Crippen LogP contribution in [0.15, 0.2) is 48.5 Å². The number of rotatable bonds is 4. The minimum absolute atomic E-state index is 0.0612. The molecular formula is C28H48N4O4. The van der Waals surface area contributed by atoms with Gasteiger partial charge in [0.05, 0.1) is 26.4 Å². The standard InChI is InChI=1S/2C8H10O2.2C6H14N2/c2*9-5-7-1-2-8(6-10)4-3-7;2*7-5-3-1-2-4-6(5)8/h2*1-4,9-10H,5-6H2;2*5-6H,1-4,7-8H2/t;;2*5-,6-/m..10/s1. The Hall–Kier alpha value is -1.88.